The Morgan fingerprint density at radius 2 is 1.97 bits per heavy atom. The third-order valence-corrected chi connectivity index (χ3v) is 8.16. The van der Waals surface area contributed by atoms with Crippen LogP contribution in [0.15, 0.2) is 60.7 Å². The molecule has 1 aromatic carbocycles. The first-order valence-electron chi connectivity index (χ1n) is 9.77. The zero-order valence-electron chi connectivity index (χ0n) is 16.7. The van der Waals surface area contributed by atoms with Crippen molar-refractivity contribution in [1.29, 1.82) is 0 Å². The summed E-state index contributed by atoms with van der Waals surface area (Å²) in [6, 6.07) is 8.69. The van der Waals surface area contributed by atoms with Crippen LogP contribution in [0.3, 0.4) is 0 Å². The average molecular weight is 425 g/mol. The van der Waals surface area contributed by atoms with Gasteiger partial charge < -0.3 is 10.8 Å². The van der Waals surface area contributed by atoms with Crippen molar-refractivity contribution in [3.05, 3.63) is 66.3 Å². The highest BCUT2D eigenvalue weighted by Crippen LogP contribution is 2.35. The minimum atomic E-state index is -3.50. The SMILES string of the molecule is CC1(S(=O)(=O)N2CC=C(c3cc(-c4ccccc4O)nnc3N)CC2)C=CC=CC1. The van der Waals surface area contributed by atoms with Crippen molar-refractivity contribution in [2.24, 2.45) is 0 Å². The van der Waals surface area contributed by atoms with E-state index in [4.69, 9.17) is 5.73 Å². The first kappa shape index (κ1) is 20.3. The molecule has 2 heterocycles. The van der Waals surface area contributed by atoms with Crippen LogP contribution in [0.25, 0.3) is 16.8 Å². The van der Waals surface area contributed by atoms with Gasteiger partial charge in [-0.2, -0.15) is 4.31 Å². The van der Waals surface area contributed by atoms with Gasteiger partial charge in [0, 0.05) is 24.2 Å². The third-order valence-electron chi connectivity index (χ3n) is 5.67. The van der Waals surface area contributed by atoms with Crippen molar-refractivity contribution in [2.45, 2.75) is 24.5 Å². The fourth-order valence-corrected chi connectivity index (χ4v) is 5.54. The van der Waals surface area contributed by atoms with E-state index in [-0.39, 0.29) is 18.1 Å². The van der Waals surface area contributed by atoms with E-state index in [9.17, 15) is 13.5 Å². The van der Waals surface area contributed by atoms with Crippen LogP contribution < -0.4 is 5.73 Å². The number of aromatic nitrogens is 2. The molecule has 8 heteroatoms. The topological polar surface area (TPSA) is 109 Å². The lowest BCUT2D eigenvalue weighted by Crippen LogP contribution is -2.47. The van der Waals surface area contributed by atoms with E-state index in [0.29, 0.717) is 36.2 Å². The first-order valence-corrected chi connectivity index (χ1v) is 11.2. The number of anilines is 1. The van der Waals surface area contributed by atoms with Crippen molar-refractivity contribution in [1.82, 2.24) is 14.5 Å². The Balaban J connectivity index is 1.61. The van der Waals surface area contributed by atoms with Gasteiger partial charge in [0.05, 0.1) is 5.69 Å². The summed E-state index contributed by atoms with van der Waals surface area (Å²) in [4.78, 5) is 0. The number of phenols is 1. The minimum absolute atomic E-state index is 0.111. The number of rotatable bonds is 4. The van der Waals surface area contributed by atoms with Gasteiger partial charge in [0.15, 0.2) is 5.82 Å². The molecule has 30 heavy (non-hydrogen) atoms. The Labute approximate surface area is 176 Å². The third kappa shape index (κ3) is 3.53. The second-order valence-electron chi connectivity index (χ2n) is 7.69. The number of hydrogen-bond acceptors (Lipinski definition) is 6. The number of aromatic hydroxyl groups is 1. The quantitative estimate of drug-likeness (QED) is 0.780. The normalized spacial score (nSPS) is 22.1. The van der Waals surface area contributed by atoms with Crippen molar-refractivity contribution >= 4 is 21.4 Å². The van der Waals surface area contributed by atoms with Gasteiger partial charge in [-0.1, -0.05) is 42.5 Å². The van der Waals surface area contributed by atoms with Gasteiger partial charge in [0.2, 0.25) is 10.0 Å². The highest BCUT2D eigenvalue weighted by Gasteiger charge is 2.41. The molecule has 0 radical (unpaired) electrons. The molecule has 1 atom stereocenters. The average Bonchev–Trinajstić information content (AvgIpc) is 2.75. The second-order valence-corrected chi connectivity index (χ2v) is 10.1. The number of benzene rings is 1. The fourth-order valence-electron chi connectivity index (χ4n) is 3.79. The highest BCUT2D eigenvalue weighted by molar-refractivity contribution is 7.90. The molecule has 0 spiro atoms. The Hall–Kier alpha value is -2.97. The van der Waals surface area contributed by atoms with E-state index in [2.05, 4.69) is 10.2 Å². The molecule has 0 saturated carbocycles. The lowest BCUT2D eigenvalue weighted by Gasteiger charge is -2.35. The molecule has 1 aliphatic heterocycles. The van der Waals surface area contributed by atoms with Crippen molar-refractivity contribution in [3.8, 4) is 17.0 Å². The molecule has 156 valence electrons. The number of phenolic OH excluding ortho intramolecular Hbond substituents is 1. The van der Waals surface area contributed by atoms with Gasteiger partial charge in [0.25, 0.3) is 0 Å². The fraction of sp³-hybridized carbons (Fsp3) is 0.273. The molecule has 0 saturated heterocycles. The zero-order chi connectivity index (χ0) is 21.4. The number of nitrogen functional groups attached to an aromatic ring is 1. The summed E-state index contributed by atoms with van der Waals surface area (Å²) in [5, 5.41) is 18.3. The van der Waals surface area contributed by atoms with Crippen LogP contribution in [-0.4, -0.2) is 45.9 Å². The second kappa shape index (κ2) is 7.70. The molecular weight excluding hydrogens is 400 g/mol. The monoisotopic (exact) mass is 424 g/mol. The number of hydrogen-bond donors (Lipinski definition) is 2. The van der Waals surface area contributed by atoms with E-state index in [1.165, 1.54) is 4.31 Å². The number of allylic oxidation sites excluding steroid dienone is 3. The Morgan fingerprint density at radius 1 is 1.17 bits per heavy atom. The summed E-state index contributed by atoms with van der Waals surface area (Å²) >= 11 is 0. The lowest BCUT2D eigenvalue weighted by molar-refractivity contribution is 0.422. The Bertz CT molecular complexity index is 1170. The standard InChI is InChI=1S/C22H24N4O3S/c1-22(11-5-2-6-12-22)30(28,29)26-13-9-16(10-14-26)18-15-19(24-25-21(18)23)17-7-3-4-8-20(17)27/h2-9,11,15,27H,10,12-14H2,1H3,(H2,23,25). The van der Waals surface area contributed by atoms with Gasteiger partial charge in [-0.15, -0.1) is 10.2 Å². The predicted octanol–water partition coefficient (Wildman–Crippen LogP) is 3.13. The molecule has 1 unspecified atom stereocenters. The maximum atomic E-state index is 13.2. The van der Waals surface area contributed by atoms with Gasteiger partial charge in [0.1, 0.15) is 10.5 Å². The van der Waals surface area contributed by atoms with E-state index in [0.717, 1.165) is 5.57 Å². The zero-order valence-corrected chi connectivity index (χ0v) is 17.5. The van der Waals surface area contributed by atoms with Crippen molar-refractivity contribution in [2.75, 3.05) is 18.8 Å². The molecule has 1 aliphatic carbocycles. The highest BCUT2D eigenvalue weighted by atomic mass is 32.2. The molecule has 0 fully saturated rings. The Kier molecular flexibility index (Phi) is 5.21. The van der Waals surface area contributed by atoms with E-state index in [1.54, 1.807) is 43.3 Å². The van der Waals surface area contributed by atoms with Crippen molar-refractivity contribution in [3.63, 3.8) is 0 Å². The van der Waals surface area contributed by atoms with Crippen LogP contribution >= 0.6 is 0 Å². The number of sulfonamides is 1. The van der Waals surface area contributed by atoms with Crippen LogP contribution in [-0.2, 0) is 10.0 Å². The maximum Gasteiger partial charge on any atom is 0.223 e. The molecule has 2 aliphatic rings. The molecular formula is C22H24N4O3S. The first-order chi connectivity index (χ1) is 14.3. The summed E-state index contributed by atoms with van der Waals surface area (Å²) in [7, 11) is -3.50. The molecule has 4 rings (SSSR count). The molecule has 1 aromatic heterocycles. The summed E-state index contributed by atoms with van der Waals surface area (Å²) in [5.41, 5.74) is 8.79. The number of para-hydroxylation sites is 1. The summed E-state index contributed by atoms with van der Waals surface area (Å²) in [5.74, 6) is 0.393. The summed E-state index contributed by atoms with van der Waals surface area (Å²) in [6.07, 6.45) is 10.2. The number of nitrogens with zero attached hydrogens (tertiary/aromatic N) is 3. The summed E-state index contributed by atoms with van der Waals surface area (Å²) < 4.78 is 27.0. The minimum Gasteiger partial charge on any atom is -0.507 e. The van der Waals surface area contributed by atoms with Gasteiger partial charge in [-0.05, 0) is 43.5 Å². The smallest absolute Gasteiger partial charge is 0.223 e. The Morgan fingerprint density at radius 3 is 2.63 bits per heavy atom. The van der Waals surface area contributed by atoms with E-state index >= 15 is 0 Å². The van der Waals surface area contributed by atoms with Crippen LogP contribution in [0.5, 0.6) is 5.75 Å². The summed E-state index contributed by atoms with van der Waals surface area (Å²) in [6.45, 7) is 2.40. The van der Waals surface area contributed by atoms with E-state index < -0.39 is 14.8 Å². The maximum absolute atomic E-state index is 13.2. The predicted molar refractivity (Wildman–Crippen MR) is 118 cm³/mol. The largest absolute Gasteiger partial charge is 0.507 e. The van der Waals surface area contributed by atoms with E-state index in [1.807, 2.05) is 24.3 Å². The molecule has 3 N–H and O–H groups in total. The molecule has 7 nitrogen and oxygen atoms in total. The molecule has 2 aromatic rings. The molecule has 0 bridgehead atoms. The van der Waals surface area contributed by atoms with Crippen LogP contribution in [0.2, 0.25) is 0 Å². The van der Waals surface area contributed by atoms with Gasteiger partial charge in [-0.25, -0.2) is 8.42 Å². The van der Waals surface area contributed by atoms with Crippen LogP contribution in [0.4, 0.5) is 5.82 Å². The van der Waals surface area contributed by atoms with Gasteiger partial charge in [-0.3, -0.25) is 0 Å². The van der Waals surface area contributed by atoms with Gasteiger partial charge >= 0.3 is 0 Å². The van der Waals surface area contributed by atoms with Crippen molar-refractivity contribution < 1.29 is 13.5 Å². The molecule has 0 amide bonds. The number of nitrogens with two attached hydrogens (primary N) is 1. The lowest BCUT2D eigenvalue weighted by atomic mass is 9.99. The van der Waals surface area contributed by atoms with Crippen LogP contribution in [0, 0.1) is 0 Å². The van der Waals surface area contributed by atoms with Crippen LogP contribution in [0.1, 0.15) is 25.3 Å².